The quantitative estimate of drug-likeness (QED) is 0.523. The van der Waals surface area contributed by atoms with E-state index in [0.29, 0.717) is 22.4 Å². The van der Waals surface area contributed by atoms with Crippen LogP contribution in [-0.2, 0) is 11.8 Å². The first-order chi connectivity index (χ1) is 14.9. The Morgan fingerprint density at radius 2 is 1.84 bits per heavy atom. The van der Waals surface area contributed by atoms with E-state index in [2.05, 4.69) is 25.8 Å². The second kappa shape index (κ2) is 10.2. The second-order valence-corrected chi connectivity index (χ2v) is 8.41. The average Bonchev–Trinajstić information content (AvgIpc) is 3.12. The molecule has 0 aliphatic rings. The largest absolute Gasteiger partial charge is 0.342 e. The Morgan fingerprint density at radius 3 is 2.52 bits per heavy atom. The van der Waals surface area contributed by atoms with Crippen molar-refractivity contribution in [2.45, 2.75) is 32.0 Å². The van der Waals surface area contributed by atoms with E-state index < -0.39 is 0 Å². The second-order valence-electron chi connectivity index (χ2n) is 7.47. The maximum absolute atomic E-state index is 12.6. The van der Waals surface area contributed by atoms with Crippen LogP contribution in [0.2, 0.25) is 0 Å². The molecule has 0 aliphatic carbocycles. The summed E-state index contributed by atoms with van der Waals surface area (Å²) in [5, 5.41) is 15.0. The molecule has 162 valence electrons. The van der Waals surface area contributed by atoms with Gasteiger partial charge in [0.2, 0.25) is 5.91 Å². The van der Waals surface area contributed by atoms with Crippen molar-refractivity contribution in [2.24, 2.45) is 13.0 Å². The smallest absolute Gasteiger partial charge is 0.251 e. The van der Waals surface area contributed by atoms with Crippen LogP contribution >= 0.6 is 11.8 Å². The van der Waals surface area contributed by atoms with E-state index in [1.807, 2.05) is 62.7 Å². The Kier molecular flexibility index (Phi) is 7.41. The minimum absolute atomic E-state index is 0.101. The average molecular weight is 439 g/mol. The van der Waals surface area contributed by atoms with Crippen LogP contribution in [0.5, 0.6) is 0 Å². The summed E-state index contributed by atoms with van der Waals surface area (Å²) in [6.45, 7) is 5.92. The van der Waals surface area contributed by atoms with Crippen molar-refractivity contribution in [3.63, 3.8) is 0 Å². The van der Waals surface area contributed by atoms with E-state index in [4.69, 9.17) is 0 Å². The van der Waals surface area contributed by atoms with Crippen molar-refractivity contribution < 1.29 is 9.59 Å². The third kappa shape index (κ3) is 5.69. The van der Waals surface area contributed by atoms with Crippen LogP contribution in [0.15, 0.2) is 53.8 Å². The fourth-order valence-electron chi connectivity index (χ4n) is 2.98. The molecular weight excluding hydrogens is 412 g/mol. The zero-order chi connectivity index (χ0) is 22.4. The lowest BCUT2D eigenvalue weighted by molar-refractivity contribution is -0.113. The number of aromatic nitrogens is 4. The number of thioether (sulfide) groups is 1. The van der Waals surface area contributed by atoms with E-state index in [-0.39, 0.29) is 29.5 Å². The number of hydrogen-bond donors (Lipinski definition) is 2. The molecule has 3 aromatic rings. The number of amides is 2. The maximum atomic E-state index is 12.6. The number of carbonyl (C=O) groups excluding carboxylic acids is 2. The van der Waals surface area contributed by atoms with Crippen LogP contribution in [0.4, 0.5) is 5.82 Å². The van der Waals surface area contributed by atoms with Crippen molar-refractivity contribution in [2.75, 3.05) is 11.1 Å². The lowest BCUT2D eigenvalue weighted by Gasteiger charge is -2.21. The Hall–Kier alpha value is -3.20. The van der Waals surface area contributed by atoms with Crippen LogP contribution in [-0.4, -0.2) is 37.3 Å². The number of rotatable bonds is 8. The molecule has 2 amide bonds. The van der Waals surface area contributed by atoms with E-state index in [1.54, 1.807) is 18.3 Å². The SMILES string of the molecule is Cc1cccnc1NC(=O)CSc1nnc([C@@H](NC(=O)c2ccccc2)C(C)C)n1C. The lowest BCUT2D eigenvalue weighted by atomic mass is 10.0. The van der Waals surface area contributed by atoms with Gasteiger partial charge in [0.15, 0.2) is 11.0 Å². The van der Waals surface area contributed by atoms with Gasteiger partial charge in [-0.05, 0) is 36.6 Å². The van der Waals surface area contributed by atoms with Gasteiger partial charge in [0.05, 0.1) is 11.8 Å². The lowest BCUT2D eigenvalue weighted by Crippen LogP contribution is -2.33. The number of benzene rings is 1. The zero-order valence-electron chi connectivity index (χ0n) is 18.0. The number of nitrogens with one attached hydrogen (secondary N) is 2. The third-order valence-corrected chi connectivity index (χ3v) is 5.76. The molecule has 0 spiro atoms. The highest BCUT2D eigenvalue weighted by Gasteiger charge is 2.25. The maximum Gasteiger partial charge on any atom is 0.251 e. The van der Waals surface area contributed by atoms with E-state index in [9.17, 15) is 9.59 Å². The number of carbonyl (C=O) groups is 2. The van der Waals surface area contributed by atoms with Crippen LogP contribution < -0.4 is 10.6 Å². The highest BCUT2D eigenvalue weighted by molar-refractivity contribution is 7.99. The van der Waals surface area contributed by atoms with Gasteiger partial charge in [0.1, 0.15) is 5.82 Å². The minimum atomic E-state index is -0.315. The topological polar surface area (TPSA) is 102 Å². The van der Waals surface area contributed by atoms with Crippen LogP contribution in [0, 0.1) is 12.8 Å². The van der Waals surface area contributed by atoms with Crippen molar-refractivity contribution >= 4 is 29.4 Å². The van der Waals surface area contributed by atoms with Gasteiger partial charge in [-0.15, -0.1) is 10.2 Å². The third-order valence-electron chi connectivity index (χ3n) is 4.74. The molecule has 31 heavy (non-hydrogen) atoms. The molecule has 0 fully saturated rings. The Bertz CT molecular complexity index is 1050. The summed E-state index contributed by atoms with van der Waals surface area (Å²) in [6.07, 6.45) is 1.64. The molecule has 8 nitrogen and oxygen atoms in total. The van der Waals surface area contributed by atoms with Crippen molar-refractivity contribution in [3.8, 4) is 0 Å². The van der Waals surface area contributed by atoms with E-state index >= 15 is 0 Å². The normalized spacial score (nSPS) is 11.9. The Balaban J connectivity index is 1.66. The molecular formula is C22H26N6O2S. The molecule has 3 rings (SSSR count). The van der Waals surface area contributed by atoms with E-state index in [0.717, 1.165) is 5.56 Å². The first-order valence-electron chi connectivity index (χ1n) is 9.96. The van der Waals surface area contributed by atoms with Crippen LogP contribution in [0.1, 0.15) is 41.6 Å². The van der Waals surface area contributed by atoms with Crippen molar-refractivity contribution in [1.82, 2.24) is 25.1 Å². The number of pyridine rings is 1. The molecule has 1 aromatic carbocycles. The number of hydrogen-bond acceptors (Lipinski definition) is 6. The van der Waals surface area contributed by atoms with Gasteiger partial charge in [-0.25, -0.2) is 4.98 Å². The highest BCUT2D eigenvalue weighted by atomic mass is 32.2. The Morgan fingerprint density at radius 1 is 1.10 bits per heavy atom. The van der Waals surface area contributed by atoms with Crippen LogP contribution in [0.3, 0.4) is 0 Å². The molecule has 0 bridgehead atoms. The summed E-state index contributed by atoms with van der Waals surface area (Å²) >= 11 is 1.28. The standard InChI is InChI=1S/C22H26N6O2S/c1-14(2)18(25-21(30)16-10-6-5-7-11-16)20-26-27-22(28(20)4)31-13-17(29)24-19-15(3)9-8-12-23-19/h5-12,14,18H,13H2,1-4H3,(H,25,30)(H,23,24,29)/t18-/m0/s1. The molecule has 0 radical (unpaired) electrons. The first kappa shape index (κ1) is 22.5. The molecule has 1 atom stereocenters. The fraction of sp³-hybridized carbons (Fsp3) is 0.318. The molecule has 2 heterocycles. The molecule has 0 saturated carbocycles. The zero-order valence-corrected chi connectivity index (χ0v) is 18.8. The number of aryl methyl sites for hydroxylation is 1. The summed E-state index contributed by atoms with van der Waals surface area (Å²) in [5.74, 6) is 1.13. The number of nitrogens with zero attached hydrogens (tertiary/aromatic N) is 4. The fourth-order valence-corrected chi connectivity index (χ4v) is 3.70. The molecule has 0 aliphatic heterocycles. The molecule has 2 N–H and O–H groups in total. The summed E-state index contributed by atoms with van der Waals surface area (Å²) < 4.78 is 1.82. The first-order valence-corrected chi connectivity index (χ1v) is 10.9. The highest BCUT2D eigenvalue weighted by Crippen LogP contribution is 2.24. The van der Waals surface area contributed by atoms with Gasteiger partial charge in [-0.2, -0.15) is 0 Å². The summed E-state index contributed by atoms with van der Waals surface area (Å²) in [7, 11) is 1.84. The summed E-state index contributed by atoms with van der Waals surface area (Å²) in [4.78, 5) is 29.1. The van der Waals surface area contributed by atoms with Crippen molar-refractivity contribution in [1.29, 1.82) is 0 Å². The van der Waals surface area contributed by atoms with Gasteiger partial charge in [-0.3, -0.25) is 9.59 Å². The van der Waals surface area contributed by atoms with Gasteiger partial charge >= 0.3 is 0 Å². The monoisotopic (exact) mass is 438 g/mol. The van der Waals surface area contributed by atoms with Gasteiger partial charge in [0, 0.05) is 18.8 Å². The summed E-state index contributed by atoms with van der Waals surface area (Å²) in [6, 6.07) is 12.5. The predicted molar refractivity (Wildman–Crippen MR) is 121 cm³/mol. The molecule has 2 aromatic heterocycles. The molecule has 0 unspecified atom stereocenters. The predicted octanol–water partition coefficient (Wildman–Crippen LogP) is 3.38. The molecule has 0 saturated heterocycles. The van der Waals surface area contributed by atoms with Crippen molar-refractivity contribution in [3.05, 3.63) is 65.6 Å². The van der Waals surface area contributed by atoms with Gasteiger partial charge in [0.25, 0.3) is 5.91 Å². The summed E-state index contributed by atoms with van der Waals surface area (Å²) in [5.41, 5.74) is 1.49. The molecule has 9 heteroatoms. The van der Waals surface area contributed by atoms with Gasteiger partial charge < -0.3 is 15.2 Å². The number of anilines is 1. The van der Waals surface area contributed by atoms with E-state index in [1.165, 1.54) is 11.8 Å². The Labute approximate surface area is 185 Å². The van der Waals surface area contributed by atoms with Gasteiger partial charge in [-0.1, -0.05) is 49.9 Å². The minimum Gasteiger partial charge on any atom is -0.342 e. The van der Waals surface area contributed by atoms with Crippen LogP contribution in [0.25, 0.3) is 0 Å².